The van der Waals surface area contributed by atoms with E-state index in [2.05, 4.69) is 5.32 Å². The van der Waals surface area contributed by atoms with Crippen LogP contribution in [0.1, 0.15) is 26.2 Å². The van der Waals surface area contributed by atoms with E-state index in [0.717, 1.165) is 32.4 Å². The van der Waals surface area contributed by atoms with Gasteiger partial charge in [0.25, 0.3) is 0 Å². The van der Waals surface area contributed by atoms with Gasteiger partial charge in [0.2, 0.25) is 5.91 Å². The first kappa shape index (κ1) is 13.8. The molecule has 5 nitrogen and oxygen atoms in total. The third-order valence-corrected chi connectivity index (χ3v) is 3.87. The molecule has 1 N–H and O–H groups in total. The van der Waals surface area contributed by atoms with Crippen molar-refractivity contribution in [2.45, 2.75) is 37.8 Å². The van der Waals surface area contributed by atoms with Crippen molar-refractivity contribution in [3.05, 3.63) is 0 Å². The highest BCUT2D eigenvalue weighted by Gasteiger charge is 2.35. The smallest absolute Gasteiger partial charge is 0.236 e. The maximum absolute atomic E-state index is 12.0. The van der Waals surface area contributed by atoms with Crippen LogP contribution in [0.3, 0.4) is 0 Å². The largest absolute Gasteiger partial charge is 0.378 e. The van der Waals surface area contributed by atoms with Gasteiger partial charge in [0.05, 0.1) is 13.2 Å². The number of carbonyl (C=O) groups excluding carboxylic acids is 1. The van der Waals surface area contributed by atoms with Crippen molar-refractivity contribution < 1.29 is 14.3 Å². The number of amides is 1. The Labute approximate surface area is 109 Å². The average molecular weight is 256 g/mol. The SMILES string of the molecule is CCN(C(=O)CNCC1(OC)CCOC1)C1CC1. The lowest BCUT2D eigenvalue weighted by Gasteiger charge is -2.27. The third-order valence-electron chi connectivity index (χ3n) is 3.87. The number of hydrogen-bond donors (Lipinski definition) is 1. The number of rotatable bonds is 7. The summed E-state index contributed by atoms with van der Waals surface area (Å²) in [5.41, 5.74) is -0.239. The van der Waals surface area contributed by atoms with E-state index < -0.39 is 0 Å². The Hall–Kier alpha value is -0.650. The molecule has 1 saturated heterocycles. The molecule has 0 aromatic heterocycles. The topological polar surface area (TPSA) is 50.8 Å². The summed E-state index contributed by atoms with van der Waals surface area (Å²) in [5.74, 6) is 0.199. The number of methoxy groups -OCH3 is 1. The predicted octanol–water partition coefficient (Wildman–Crippen LogP) is 0.392. The summed E-state index contributed by atoms with van der Waals surface area (Å²) in [4.78, 5) is 14.0. The first-order chi connectivity index (χ1) is 8.71. The summed E-state index contributed by atoms with van der Waals surface area (Å²) < 4.78 is 10.9. The van der Waals surface area contributed by atoms with Gasteiger partial charge in [0.1, 0.15) is 5.60 Å². The van der Waals surface area contributed by atoms with Crippen molar-refractivity contribution in [2.75, 3.05) is 40.0 Å². The molecule has 0 radical (unpaired) electrons. The second-order valence-electron chi connectivity index (χ2n) is 5.20. The summed E-state index contributed by atoms with van der Waals surface area (Å²) in [6.07, 6.45) is 3.22. The molecule has 1 unspecified atom stereocenters. The molecule has 1 aliphatic carbocycles. The Morgan fingerprint density at radius 2 is 2.33 bits per heavy atom. The van der Waals surface area contributed by atoms with Crippen molar-refractivity contribution in [2.24, 2.45) is 0 Å². The minimum atomic E-state index is -0.239. The monoisotopic (exact) mass is 256 g/mol. The van der Waals surface area contributed by atoms with Crippen LogP contribution in [0.25, 0.3) is 0 Å². The van der Waals surface area contributed by atoms with E-state index in [0.29, 0.717) is 25.7 Å². The van der Waals surface area contributed by atoms with E-state index in [9.17, 15) is 4.79 Å². The quantitative estimate of drug-likeness (QED) is 0.716. The molecule has 104 valence electrons. The van der Waals surface area contributed by atoms with Gasteiger partial charge < -0.3 is 19.7 Å². The second-order valence-corrected chi connectivity index (χ2v) is 5.20. The number of likely N-dealkylation sites (N-methyl/N-ethyl adjacent to an activating group) is 1. The number of hydrogen-bond acceptors (Lipinski definition) is 4. The molecule has 5 heteroatoms. The molecule has 18 heavy (non-hydrogen) atoms. The lowest BCUT2D eigenvalue weighted by atomic mass is 10.0. The molecular weight excluding hydrogens is 232 g/mol. The van der Waals surface area contributed by atoms with Crippen LogP contribution in [-0.2, 0) is 14.3 Å². The maximum atomic E-state index is 12.0. The zero-order chi connectivity index (χ0) is 13.0. The van der Waals surface area contributed by atoms with Crippen LogP contribution in [0.2, 0.25) is 0 Å². The minimum absolute atomic E-state index is 0.199. The molecule has 1 amide bonds. The van der Waals surface area contributed by atoms with E-state index in [1.54, 1.807) is 7.11 Å². The molecule has 2 fully saturated rings. The van der Waals surface area contributed by atoms with Gasteiger partial charge in [0, 0.05) is 39.3 Å². The summed E-state index contributed by atoms with van der Waals surface area (Å²) in [5, 5.41) is 3.22. The second kappa shape index (κ2) is 5.99. The van der Waals surface area contributed by atoms with E-state index in [4.69, 9.17) is 9.47 Å². The van der Waals surface area contributed by atoms with E-state index >= 15 is 0 Å². The molecule has 2 rings (SSSR count). The molecule has 1 saturated carbocycles. The van der Waals surface area contributed by atoms with Crippen LogP contribution in [-0.4, -0.2) is 62.4 Å². The highest BCUT2D eigenvalue weighted by molar-refractivity contribution is 5.78. The van der Waals surface area contributed by atoms with Gasteiger partial charge in [-0.15, -0.1) is 0 Å². The highest BCUT2D eigenvalue weighted by atomic mass is 16.5. The fourth-order valence-electron chi connectivity index (χ4n) is 2.48. The van der Waals surface area contributed by atoms with E-state index in [1.807, 2.05) is 11.8 Å². The van der Waals surface area contributed by atoms with Gasteiger partial charge >= 0.3 is 0 Å². The van der Waals surface area contributed by atoms with Crippen LogP contribution in [0, 0.1) is 0 Å². The standard InChI is InChI=1S/C13H24N2O3/c1-3-15(11-4-5-11)12(16)8-14-9-13(17-2)6-7-18-10-13/h11,14H,3-10H2,1-2H3. The van der Waals surface area contributed by atoms with Crippen molar-refractivity contribution in [1.29, 1.82) is 0 Å². The van der Waals surface area contributed by atoms with Crippen LogP contribution in [0.15, 0.2) is 0 Å². The van der Waals surface area contributed by atoms with Gasteiger partial charge in [0.15, 0.2) is 0 Å². The van der Waals surface area contributed by atoms with Gasteiger partial charge in [-0.25, -0.2) is 0 Å². The molecule has 1 heterocycles. The number of ether oxygens (including phenoxy) is 2. The molecule has 0 bridgehead atoms. The van der Waals surface area contributed by atoms with E-state index in [-0.39, 0.29) is 11.5 Å². The van der Waals surface area contributed by atoms with Crippen LogP contribution in [0.4, 0.5) is 0 Å². The Morgan fingerprint density at radius 1 is 1.56 bits per heavy atom. The van der Waals surface area contributed by atoms with Gasteiger partial charge in [-0.3, -0.25) is 4.79 Å². The van der Waals surface area contributed by atoms with Gasteiger partial charge in [-0.2, -0.15) is 0 Å². The predicted molar refractivity (Wildman–Crippen MR) is 68.5 cm³/mol. The summed E-state index contributed by atoms with van der Waals surface area (Å²) in [6.45, 7) is 5.28. The van der Waals surface area contributed by atoms with Crippen molar-refractivity contribution in [1.82, 2.24) is 10.2 Å². The lowest BCUT2D eigenvalue weighted by molar-refractivity contribution is -0.130. The minimum Gasteiger partial charge on any atom is -0.378 e. The maximum Gasteiger partial charge on any atom is 0.236 e. The molecule has 2 aliphatic rings. The zero-order valence-electron chi connectivity index (χ0n) is 11.4. The molecule has 0 spiro atoms. The normalized spacial score (nSPS) is 27.4. The summed E-state index contributed by atoms with van der Waals surface area (Å²) in [6, 6.07) is 0.496. The summed E-state index contributed by atoms with van der Waals surface area (Å²) >= 11 is 0. The van der Waals surface area contributed by atoms with Crippen LogP contribution in [0.5, 0.6) is 0 Å². The highest BCUT2D eigenvalue weighted by Crippen LogP contribution is 2.26. The first-order valence-electron chi connectivity index (χ1n) is 6.84. The Morgan fingerprint density at radius 3 is 2.83 bits per heavy atom. The first-order valence-corrected chi connectivity index (χ1v) is 6.84. The fraction of sp³-hybridized carbons (Fsp3) is 0.923. The van der Waals surface area contributed by atoms with Gasteiger partial charge in [-0.05, 0) is 19.8 Å². The molecule has 1 atom stereocenters. The Balaban J connectivity index is 1.72. The molecule has 1 aliphatic heterocycles. The fourth-order valence-corrected chi connectivity index (χ4v) is 2.48. The molecule has 0 aromatic rings. The van der Waals surface area contributed by atoms with Gasteiger partial charge in [-0.1, -0.05) is 0 Å². The zero-order valence-corrected chi connectivity index (χ0v) is 11.4. The Kier molecular flexibility index (Phi) is 4.59. The molecule has 0 aromatic carbocycles. The third kappa shape index (κ3) is 3.22. The average Bonchev–Trinajstić information content (AvgIpc) is 3.09. The number of nitrogens with one attached hydrogen (secondary N) is 1. The summed E-state index contributed by atoms with van der Waals surface area (Å²) in [7, 11) is 1.71. The van der Waals surface area contributed by atoms with Crippen LogP contribution >= 0.6 is 0 Å². The van der Waals surface area contributed by atoms with Crippen molar-refractivity contribution in [3.8, 4) is 0 Å². The van der Waals surface area contributed by atoms with E-state index in [1.165, 1.54) is 0 Å². The van der Waals surface area contributed by atoms with Crippen LogP contribution < -0.4 is 5.32 Å². The van der Waals surface area contributed by atoms with Crippen molar-refractivity contribution >= 4 is 5.91 Å². The molecular formula is C13H24N2O3. The Bertz CT molecular complexity index is 286. The van der Waals surface area contributed by atoms with Crippen molar-refractivity contribution in [3.63, 3.8) is 0 Å². The lowest BCUT2D eigenvalue weighted by Crippen LogP contribution is -2.47. The number of carbonyl (C=O) groups is 1. The number of nitrogens with zero attached hydrogens (tertiary/aromatic N) is 1.